The van der Waals surface area contributed by atoms with E-state index < -0.39 is 17.6 Å². The Bertz CT molecular complexity index is 1410. The van der Waals surface area contributed by atoms with Crippen LogP contribution in [0.4, 0.5) is 10.3 Å². The standard InChI is InChI=1S/C31H34FN5O2/c1-22(2)23-14-16-25(17-15-23)37-20-28(24-10-6-5-7-11-24)33-31(37)34-29(38)21-36(19-18-35(3)4)30(39)26-12-8-9-13-27(26)32/h5-17,20,22H,18-19,21H2,1-4H3,(H,33,34,38). The van der Waals surface area contributed by atoms with Gasteiger partial charge < -0.3 is 9.80 Å². The molecule has 4 aromatic rings. The maximum absolute atomic E-state index is 14.4. The first kappa shape index (κ1) is 27.7. The molecule has 1 N–H and O–H groups in total. The predicted molar refractivity (Wildman–Crippen MR) is 153 cm³/mol. The van der Waals surface area contributed by atoms with Gasteiger partial charge in [0.2, 0.25) is 11.9 Å². The highest BCUT2D eigenvalue weighted by Gasteiger charge is 2.23. The van der Waals surface area contributed by atoms with Gasteiger partial charge in [0.15, 0.2) is 0 Å². The maximum atomic E-state index is 14.4. The summed E-state index contributed by atoms with van der Waals surface area (Å²) < 4.78 is 16.2. The number of carbonyl (C=O) groups excluding carboxylic acids is 2. The number of carbonyl (C=O) groups is 2. The zero-order valence-corrected chi connectivity index (χ0v) is 22.8. The molecule has 0 aliphatic heterocycles. The van der Waals surface area contributed by atoms with Gasteiger partial charge in [0, 0.05) is 30.5 Å². The Kier molecular flexibility index (Phi) is 8.88. The number of aromatic nitrogens is 2. The van der Waals surface area contributed by atoms with Crippen LogP contribution in [0, 0.1) is 5.82 Å². The Balaban J connectivity index is 1.62. The minimum Gasteiger partial charge on any atom is -0.328 e. The smallest absolute Gasteiger partial charge is 0.257 e. The molecule has 0 radical (unpaired) electrons. The Morgan fingerprint density at radius 3 is 2.23 bits per heavy atom. The van der Waals surface area contributed by atoms with E-state index in [1.807, 2.05) is 72.2 Å². The minimum absolute atomic E-state index is 0.0674. The average Bonchev–Trinajstić information content (AvgIpc) is 3.35. The third-order valence-corrected chi connectivity index (χ3v) is 6.41. The fourth-order valence-electron chi connectivity index (χ4n) is 4.15. The number of rotatable bonds is 10. The molecule has 0 spiro atoms. The molecule has 4 rings (SSSR count). The highest BCUT2D eigenvalue weighted by molar-refractivity contribution is 5.99. The molecule has 2 amide bonds. The number of nitrogens with zero attached hydrogens (tertiary/aromatic N) is 4. The maximum Gasteiger partial charge on any atom is 0.257 e. The van der Waals surface area contributed by atoms with Crippen LogP contribution in [0.5, 0.6) is 0 Å². The van der Waals surface area contributed by atoms with Crippen molar-refractivity contribution in [3.63, 3.8) is 0 Å². The molecule has 0 unspecified atom stereocenters. The van der Waals surface area contributed by atoms with Crippen molar-refractivity contribution in [1.29, 1.82) is 0 Å². The lowest BCUT2D eigenvalue weighted by Gasteiger charge is -2.24. The molecular weight excluding hydrogens is 493 g/mol. The van der Waals surface area contributed by atoms with Gasteiger partial charge in [-0.25, -0.2) is 9.37 Å². The summed E-state index contributed by atoms with van der Waals surface area (Å²) >= 11 is 0. The number of imidazole rings is 1. The van der Waals surface area contributed by atoms with Crippen LogP contribution in [0.25, 0.3) is 16.9 Å². The molecule has 0 saturated heterocycles. The van der Waals surface area contributed by atoms with E-state index in [4.69, 9.17) is 4.98 Å². The van der Waals surface area contributed by atoms with Gasteiger partial charge in [-0.15, -0.1) is 0 Å². The monoisotopic (exact) mass is 527 g/mol. The fourth-order valence-corrected chi connectivity index (χ4v) is 4.15. The molecule has 1 aromatic heterocycles. The van der Waals surface area contributed by atoms with Gasteiger partial charge in [0.1, 0.15) is 12.4 Å². The summed E-state index contributed by atoms with van der Waals surface area (Å²) in [5, 5.41) is 2.89. The third-order valence-electron chi connectivity index (χ3n) is 6.41. The average molecular weight is 528 g/mol. The van der Waals surface area contributed by atoms with Gasteiger partial charge in [-0.2, -0.15) is 0 Å². The van der Waals surface area contributed by atoms with Gasteiger partial charge in [0.25, 0.3) is 5.91 Å². The summed E-state index contributed by atoms with van der Waals surface area (Å²) in [5.41, 5.74) is 3.59. The number of likely N-dealkylation sites (N-methyl/N-ethyl adjacent to an activating group) is 1. The van der Waals surface area contributed by atoms with E-state index in [1.54, 1.807) is 6.07 Å². The van der Waals surface area contributed by atoms with Gasteiger partial charge in [-0.05, 0) is 49.8 Å². The van der Waals surface area contributed by atoms with Crippen LogP contribution in [0.2, 0.25) is 0 Å². The highest BCUT2D eigenvalue weighted by atomic mass is 19.1. The molecule has 0 saturated carbocycles. The van der Waals surface area contributed by atoms with Gasteiger partial charge >= 0.3 is 0 Å². The summed E-state index contributed by atoms with van der Waals surface area (Å²) in [6.07, 6.45) is 1.88. The van der Waals surface area contributed by atoms with E-state index in [9.17, 15) is 14.0 Å². The quantitative estimate of drug-likeness (QED) is 0.298. The molecule has 202 valence electrons. The number of halogens is 1. The second-order valence-electron chi connectivity index (χ2n) is 9.99. The third kappa shape index (κ3) is 6.97. The predicted octanol–water partition coefficient (Wildman–Crippen LogP) is 5.44. The van der Waals surface area contributed by atoms with Crippen LogP contribution in [-0.4, -0.2) is 64.9 Å². The van der Waals surface area contributed by atoms with E-state index >= 15 is 0 Å². The second kappa shape index (κ2) is 12.5. The zero-order chi connectivity index (χ0) is 27.9. The minimum atomic E-state index is -0.620. The van der Waals surface area contributed by atoms with Crippen LogP contribution >= 0.6 is 0 Å². The molecule has 0 aliphatic carbocycles. The summed E-state index contributed by atoms with van der Waals surface area (Å²) in [6.45, 7) is 4.79. The van der Waals surface area contributed by atoms with Gasteiger partial charge in [-0.3, -0.25) is 19.5 Å². The Labute approximate surface area is 228 Å². The SMILES string of the molecule is CC(C)c1ccc(-n2cc(-c3ccccc3)nc2NC(=O)CN(CCN(C)C)C(=O)c2ccccc2F)cc1. The van der Waals surface area contributed by atoms with Crippen molar-refractivity contribution in [2.75, 3.05) is 39.0 Å². The molecule has 39 heavy (non-hydrogen) atoms. The van der Waals surface area contributed by atoms with Gasteiger partial charge in [0.05, 0.1) is 11.3 Å². The Morgan fingerprint density at radius 1 is 0.923 bits per heavy atom. The second-order valence-corrected chi connectivity index (χ2v) is 9.99. The van der Waals surface area contributed by atoms with Crippen LogP contribution in [0.1, 0.15) is 35.7 Å². The van der Waals surface area contributed by atoms with Crippen molar-refractivity contribution >= 4 is 17.8 Å². The summed E-state index contributed by atoms with van der Waals surface area (Å²) in [5.74, 6) is -0.861. The topological polar surface area (TPSA) is 70.5 Å². The van der Waals surface area contributed by atoms with Crippen molar-refractivity contribution in [1.82, 2.24) is 19.4 Å². The summed E-state index contributed by atoms with van der Waals surface area (Å²) in [6, 6.07) is 23.6. The number of anilines is 1. The molecule has 0 aliphatic rings. The Morgan fingerprint density at radius 2 is 1.59 bits per heavy atom. The number of benzene rings is 3. The summed E-state index contributed by atoms with van der Waals surface area (Å²) in [7, 11) is 3.75. The van der Waals surface area contributed by atoms with Crippen molar-refractivity contribution in [3.05, 3.63) is 102 Å². The van der Waals surface area contributed by atoms with Crippen molar-refractivity contribution in [2.24, 2.45) is 0 Å². The summed E-state index contributed by atoms with van der Waals surface area (Å²) in [4.78, 5) is 34.5. The van der Waals surface area contributed by atoms with Crippen molar-refractivity contribution in [3.8, 4) is 16.9 Å². The lowest BCUT2D eigenvalue weighted by molar-refractivity contribution is -0.117. The molecule has 1 heterocycles. The van der Waals surface area contributed by atoms with Crippen LogP contribution < -0.4 is 5.32 Å². The van der Waals surface area contributed by atoms with Gasteiger partial charge in [-0.1, -0.05) is 68.4 Å². The van der Waals surface area contributed by atoms with E-state index in [1.165, 1.54) is 28.7 Å². The molecule has 0 bridgehead atoms. The highest BCUT2D eigenvalue weighted by Crippen LogP contribution is 2.25. The largest absolute Gasteiger partial charge is 0.328 e. The zero-order valence-electron chi connectivity index (χ0n) is 22.8. The first-order chi connectivity index (χ1) is 18.7. The van der Waals surface area contributed by atoms with Crippen LogP contribution in [0.3, 0.4) is 0 Å². The lowest BCUT2D eigenvalue weighted by Crippen LogP contribution is -2.42. The number of amides is 2. The Hall–Kier alpha value is -4.30. The fraction of sp³-hybridized carbons (Fsp3) is 0.258. The van der Waals surface area contributed by atoms with E-state index in [-0.39, 0.29) is 18.7 Å². The molecule has 3 aromatic carbocycles. The van der Waals surface area contributed by atoms with E-state index in [0.717, 1.165) is 11.3 Å². The molecule has 8 heteroatoms. The molecule has 0 atom stereocenters. The lowest BCUT2D eigenvalue weighted by atomic mass is 10.0. The first-order valence-corrected chi connectivity index (χ1v) is 13.0. The first-order valence-electron chi connectivity index (χ1n) is 13.0. The van der Waals surface area contributed by atoms with Crippen LogP contribution in [-0.2, 0) is 4.79 Å². The normalized spacial score (nSPS) is 11.2. The molecular formula is C31H34FN5O2. The van der Waals surface area contributed by atoms with Crippen LogP contribution in [0.15, 0.2) is 85.1 Å². The van der Waals surface area contributed by atoms with E-state index in [0.29, 0.717) is 24.1 Å². The molecule has 0 fully saturated rings. The number of hydrogen-bond donors (Lipinski definition) is 1. The number of hydrogen-bond acceptors (Lipinski definition) is 4. The van der Waals surface area contributed by atoms with Crippen molar-refractivity contribution in [2.45, 2.75) is 19.8 Å². The van der Waals surface area contributed by atoms with E-state index in [2.05, 4.69) is 31.3 Å². The molecule has 7 nitrogen and oxygen atoms in total. The number of nitrogens with one attached hydrogen (secondary N) is 1. The van der Waals surface area contributed by atoms with Crippen molar-refractivity contribution < 1.29 is 14.0 Å².